The molecule has 2 aromatic carbocycles. The van der Waals surface area contributed by atoms with E-state index in [1.807, 2.05) is 42.7 Å². The number of fused-ring (bicyclic) bond motifs is 1. The first-order valence-electron chi connectivity index (χ1n) is 6.38. The maximum Gasteiger partial charge on any atom is 0.278 e. The third kappa shape index (κ3) is 2.83. The minimum Gasteiger partial charge on any atom is -0.267 e. The van der Waals surface area contributed by atoms with Crippen LogP contribution in [0.5, 0.6) is 0 Å². The second kappa shape index (κ2) is 6.44. The van der Waals surface area contributed by atoms with E-state index in [2.05, 4.69) is 11.1 Å². The van der Waals surface area contributed by atoms with Crippen LogP contribution in [0.15, 0.2) is 51.7 Å². The normalized spacial score (nSPS) is 11.5. The van der Waals surface area contributed by atoms with Crippen LogP contribution in [0.3, 0.4) is 0 Å². The molecule has 3 nitrogen and oxygen atoms in total. The molecule has 0 bridgehead atoms. The Balaban J connectivity index is 2.05. The van der Waals surface area contributed by atoms with Crippen molar-refractivity contribution >= 4 is 49.1 Å². The lowest BCUT2D eigenvalue weighted by Gasteiger charge is -1.99. The van der Waals surface area contributed by atoms with Crippen molar-refractivity contribution in [3.8, 4) is 6.07 Å². The first kappa shape index (κ1) is 15.0. The molecule has 0 fully saturated rings. The predicted octanol–water partition coefficient (Wildman–Crippen LogP) is 4.30. The van der Waals surface area contributed by atoms with Gasteiger partial charge in [-0.2, -0.15) is 10.3 Å². The van der Waals surface area contributed by atoms with Crippen molar-refractivity contribution in [1.82, 2.24) is 0 Å². The molecule has 3 aromatic rings. The van der Waals surface area contributed by atoms with Crippen molar-refractivity contribution in [3.05, 3.63) is 58.3 Å². The molecule has 0 saturated heterocycles. The van der Waals surface area contributed by atoms with E-state index in [1.54, 1.807) is 6.07 Å². The number of nitrogens with zero attached hydrogens (tertiary/aromatic N) is 2. The molecule has 0 saturated carbocycles. The first-order chi connectivity index (χ1) is 10.7. The Kier molecular flexibility index (Phi) is 4.39. The van der Waals surface area contributed by atoms with Crippen molar-refractivity contribution < 1.29 is 4.79 Å². The van der Waals surface area contributed by atoms with Crippen LogP contribution >= 0.6 is 32.4 Å². The maximum atomic E-state index is 12.4. The summed E-state index contributed by atoms with van der Waals surface area (Å²) in [5.74, 6) is -0.316. The Morgan fingerprint density at radius 1 is 1.18 bits per heavy atom. The van der Waals surface area contributed by atoms with E-state index in [4.69, 9.17) is 0 Å². The fourth-order valence-corrected chi connectivity index (χ4v) is 5.50. The van der Waals surface area contributed by atoms with Gasteiger partial charge >= 0.3 is 0 Å². The van der Waals surface area contributed by atoms with Gasteiger partial charge in [0.05, 0.1) is 4.21 Å². The Morgan fingerprint density at radius 3 is 2.68 bits per heavy atom. The highest BCUT2D eigenvalue weighted by Gasteiger charge is 2.11. The molecule has 0 aliphatic heterocycles. The minimum atomic E-state index is -0.316. The van der Waals surface area contributed by atoms with E-state index < -0.39 is 0 Å². The van der Waals surface area contributed by atoms with Crippen LogP contribution in [0.1, 0.15) is 15.9 Å². The first-order valence-corrected chi connectivity index (χ1v) is 9.75. The van der Waals surface area contributed by atoms with Crippen LogP contribution < -0.4 is 4.67 Å². The second-order valence-electron chi connectivity index (χ2n) is 4.43. The van der Waals surface area contributed by atoms with Crippen LogP contribution in [0, 0.1) is 11.3 Å². The molecule has 0 aliphatic rings. The minimum absolute atomic E-state index is 0.316. The summed E-state index contributed by atoms with van der Waals surface area (Å²) in [7, 11) is 2.84. The smallest absolute Gasteiger partial charge is 0.267 e. The fraction of sp³-hybridized carbons (Fsp3) is 0.0625. The summed E-state index contributed by atoms with van der Waals surface area (Å²) in [6.45, 7) is 0. The average molecular weight is 342 g/mol. The maximum absolute atomic E-state index is 12.4. The molecule has 3 rings (SSSR count). The van der Waals surface area contributed by atoms with Crippen molar-refractivity contribution in [2.75, 3.05) is 6.26 Å². The van der Waals surface area contributed by atoms with Gasteiger partial charge < -0.3 is 0 Å². The van der Waals surface area contributed by atoms with Gasteiger partial charge in [0.2, 0.25) is 0 Å². The SMILES string of the molecule is CSc1ssc(=NC(=O)c2ccc3ccccc3c2)c1C#N. The van der Waals surface area contributed by atoms with Crippen molar-refractivity contribution in [3.63, 3.8) is 0 Å². The van der Waals surface area contributed by atoms with Gasteiger partial charge in [-0.15, -0.1) is 11.8 Å². The standard InChI is InChI=1S/C16H10N2OS3/c1-20-16-13(9-17)15(21-22-16)18-14(19)12-7-6-10-4-2-3-5-11(10)8-12/h2-8H,1H3. The van der Waals surface area contributed by atoms with Gasteiger partial charge in [0.25, 0.3) is 5.91 Å². The molecule has 0 radical (unpaired) electrons. The van der Waals surface area contributed by atoms with Gasteiger partial charge in [0.1, 0.15) is 16.3 Å². The number of benzene rings is 2. The molecule has 0 spiro atoms. The van der Waals surface area contributed by atoms with Crippen LogP contribution in [0.2, 0.25) is 0 Å². The summed E-state index contributed by atoms with van der Waals surface area (Å²) in [6, 6.07) is 15.5. The predicted molar refractivity (Wildman–Crippen MR) is 92.5 cm³/mol. The van der Waals surface area contributed by atoms with Gasteiger partial charge in [-0.25, -0.2) is 0 Å². The number of thioether (sulfide) groups is 1. The summed E-state index contributed by atoms with van der Waals surface area (Å²) in [5.41, 5.74) is 1.03. The number of carbonyl (C=O) groups excluding carboxylic acids is 1. The molecule has 1 heterocycles. The van der Waals surface area contributed by atoms with Gasteiger partial charge in [0.15, 0.2) is 0 Å². The Morgan fingerprint density at radius 2 is 1.95 bits per heavy atom. The van der Waals surface area contributed by atoms with Gasteiger partial charge in [-0.3, -0.25) is 4.79 Å². The lowest BCUT2D eigenvalue weighted by Crippen LogP contribution is -2.06. The molecular formula is C16H10N2OS3. The van der Waals surface area contributed by atoms with Crippen LogP contribution in [0.25, 0.3) is 10.8 Å². The third-order valence-corrected chi connectivity index (χ3v) is 6.87. The van der Waals surface area contributed by atoms with Gasteiger partial charge in [-0.05, 0) is 29.2 Å². The average Bonchev–Trinajstić information content (AvgIpc) is 2.96. The topological polar surface area (TPSA) is 53.2 Å². The van der Waals surface area contributed by atoms with E-state index in [0.717, 1.165) is 15.0 Å². The lowest BCUT2D eigenvalue weighted by atomic mass is 10.1. The number of carbonyl (C=O) groups is 1. The zero-order chi connectivity index (χ0) is 15.5. The summed E-state index contributed by atoms with van der Waals surface area (Å²) >= 11 is 1.50. The number of hydrogen-bond acceptors (Lipinski definition) is 5. The van der Waals surface area contributed by atoms with Crippen molar-refractivity contribution in [2.45, 2.75) is 4.21 Å². The van der Waals surface area contributed by atoms with Crippen molar-refractivity contribution in [1.29, 1.82) is 5.26 Å². The second-order valence-corrected chi connectivity index (χ2v) is 7.63. The van der Waals surface area contributed by atoms with Crippen molar-refractivity contribution in [2.24, 2.45) is 4.99 Å². The molecule has 0 unspecified atom stereocenters. The third-order valence-electron chi connectivity index (χ3n) is 3.11. The fourth-order valence-electron chi connectivity index (χ4n) is 2.03. The molecule has 0 atom stereocenters. The lowest BCUT2D eigenvalue weighted by molar-refractivity contribution is 0.0999. The summed E-state index contributed by atoms with van der Waals surface area (Å²) in [4.78, 5) is 16.5. The number of nitriles is 1. The van der Waals surface area contributed by atoms with Gasteiger partial charge in [-0.1, -0.05) is 51.0 Å². The summed E-state index contributed by atoms with van der Waals surface area (Å²) in [6.07, 6.45) is 1.91. The van der Waals surface area contributed by atoms with E-state index in [0.29, 0.717) is 15.8 Å². The largest absolute Gasteiger partial charge is 0.278 e. The van der Waals surface area contributed by atoms with Crippen LogP contribution in [0.4, 0.5) is 0 Å². The molecule has 22 heavy (non-hydrogen) atoms. The highest BCUT2D eigenvalue weighted by molar-refractivity contribution is 8.02. The van der Waals surface area contributed by atoms with E-state index >= 15 is 0 Å². The highest BCUT2D eigenvalue weighted by atomic mass is 32.9. The molecule has 6 heteroatoms. The van der Waals surface area contributed by atoms with Crippen LogP contribution in [-0.4, -0.2) is 12.2 Å². The zero-order valence-corrected chi connectivity index (χ0v) is 14.0. The zero-order valence-electron chi connectivity index (χ0n) is 11.6. The van der Waals surface area contributed by atoms with E-state index in [9.17, 15) is 10.1 Å². The number of amides is 1. The number of hydrogen-bond donors (Lipinski definition) is 0. The van der Waals surface area contributed by atoms with Crippen LogP contribution in [-0.2, 0) is 0 Å². The van der Waals surface area contributed by atoms with Gasteiger partial charge in [0, 0.05) is 5.56 Å². The molecule has 1 aromatic heterocycles. The molecule has 108 valence electrons. The Labute approximate surface area is 139 Å². The number of rotatable bonds is 2. The molecule has 0 aliphatic carbocycles. The van der Waals surface area contributed by atoms with E-state index in [-0.39, 0.29) is 5.91 Å². The summed E-state index contributed by atoms with van der Waals surface area (Å²) < 4.78 is 1.40. The monoisotopic (exact) mass is 342 g/mol. The Hall–Kier alpha value is -1.94. The quantitative estimate of drug-likeness (QED) is 0.515. The summed E-state index contributed by atoms with van der Waals surface area (Å²) in [5, 5.41) is 11.3. The molecular weight excluding hydrogens is 332 g/mol. The highest BCUT2D eigenvalue weighted by Crippen LogP contribution is 2.26. The van der Waals surface area contributed by atoms with E-state index in [1.165, 1.54) is 32.4 Å². The Bertz CT molecular complexity index is 963. The molecule has 1 amide bonds. The molecule has 0 N–H and O–H groups in total.